The number of esters is 1. The predicted molar refractivity (Wildman–Crippen MR) is 102 cm³/mol. The summed E-state index contributed by atoms with van der Waals surface area (Å²) in [5, 5.41) is 19.2. The molecular formula is C21H30O5. The van der Waals surface area contributed by atoms with Crippen LogP contribution in [0.1, 0.15) is 45.3 Å². The van der Waals surface area contributed by atoms with Crippen molar-refractivity contribution >= 4 is 5.97 Å². The van der Waals surface area contributed by atoms with Crippen LogP contribution in [0.5, 0.6) is 5.75 Å². The Kier molecular flexibility index (Phi) is 10.4. The monoisotopic (exact) mass is 362 g/mol. The van der Waals surface area contributed by atoms with Gasteiger partial charge in [0.25, 0.3) is 0 Å². The molecule has 0 saturated heterocycles. The average Bonchev–Trinajstić information content (AvgIpc) is 2.63. The number of carbonyl (C=O) groups is 1. The van der Waals surface area contributed by atoms with Gasteiger partial charge in [-0.05, 0) is 55.9 Å². The number of hydrogen-bond acceptors (Lipinski definition) is 5. The topological polar surface area (TPSA) is 76.0 Å². The molecule has 0 aromatic heterocycles. The Morgan fingerprint density at radius 3 is 2.58 bits per heavy atom. The molecule has 5 nitrogen and oxygen atoms in total. The van der Waals surface area contributed by atoms with Crippen LogP contribution in [0.4, 0.5) is 0 Å². The molecule has 0 bridgehead atoms. The number of aliphatic hydroxyl groups excluding tert-OH is 2. The van der Waals surface area contributed by atoms with Crippen LogP contribution in [0.25, 0.3) is 0 Å². The van der Waals surface area contributed by atoms with E-state index in [1.54, 1.807) is 19.1 Å². The lowest BCUT2D eigenvalue weighted by Gasteiger charge is -2.19. The first-order valence-electron chi connectivity index (χ1n) is 9.01. The second-order valence-corrected chi connectivity index (χ2v) is 6.18. The van der Waals surface area contributed by atoms with Gasteiger partial charge in [-0.25, -0.2) is 4.79 Å². The van der Waals surface area contributed by atoms with Gasteiger partial charge in [0, 0.05) is 6.08 Å². The van der Waals surface area contributed by atoms with Gasteiger partial charge in [0.15, 0.2) is 0 Å². The van der Waals surface area contributed by atoms with Crippen molar-refractivity contribution in [1.29, 1.82) is 0 Å². The Morgan fingerprint density at radius 1 is 1.27 bits per heavy atom. The van der Waals surface area contributed by atoms with Crippen LogP contribution in [-0.2, 0) is 9.53 Å². The smallest absolute Gasteiger partial charge is 0.330 e. The maximum atomic E-state index is 11.3. The fourth-order valence-corrected chi connectivity index (χ4v) is 2.46. The largest absolute Gasteiger partial charge is 0.491 e. The van der Waals surface area contributed by atoms with Crippen molar-refractivity contribution in [2.24, 2.45) is 5.92 Å². The van der Waals surface area contributed by atoms with Crippen molar-refractivity contribution in [2.45, 2.75) is 39.7 Å². The third kappa shape index (κ3) is 8.32. The van der Waals surface area contributed by atoms with E-state index in [1.165, 1.54) is 6.08 Å². The summed E-state index contributed by atoms with van der Waals surface area (Å²) in [4.78, 5) is 11.3. The lowest BCUT2D eigenvalue weighted by Crippen LogP contribution is -2.09. The summed E-state index contributed by atoms with van der Waals surface area (Å²) in [6.45, 7) is 6.25. The second kappa shape index (κ2) is 12.3. The van der Waals surface area contributed by atoms with Crippen LogP contribution in [0.2, 0.25) is 0 Å². The molecule has 0 spiro atoms. The van der Waals surface area contributed by atoms with Gasteiger partial charge in [0.2, 0.25) is 0 Å². The molecule has 1 rings (SSSR count). The lowest BCUT2D eigenvalue weighted by molar-refractivity contribution is -0.137. The zero-order valence-corrected chi connectivity index (χ0v) is 15.9. The molecule has 0 saturated carbocycles. The van der Waals surface area contributed by atoms with Gasteiger partial charge < -0.3 is 19.7 Å². The number of rotatable bonds is 11. The van der Waals surface area contributed by atoms with Crippen molar-refractivity contribution in [2.75, 3.05) is 19.8 Å². The third-order valence-electron chi connectivity index (χ3n) is 3.92. The molecule has 0 radical (unpaired) electrons. The molecule has 0 unspecified atom stereocenters. The van der Waals surface area contributed by atoms with E-state index in [2.05, 4.69) is 0 Å². The normalized spacial score (nSPS) is 14.3. The van der Waals surface area contributed by atoms with Crippen LogP contribution in [0, 0.1) is 5.92 Å². The maximum absolute atomic E-state index is 11.3. The molecular weight excluding hydrogens is 332 g/mol. The summed E-state index contributed by atoms with van der Waals surface area (Å²) >= 11 is 0. The van der Waals surface area contributed by atoms with E-state index in [9.17, 15) is 9.90 Å². The summed E-state index contributed by atoms with van der Waals surface area (Å²) in [5.74, 6) is 0.442. The highest BCUT2D eigenvalue weighted by atomic mass is 16.5. The van der Waals surface area contributed by atoms with Crippen LogP contribution in [0.3, 0.4) is 0 Å². The fraction of sp³-hybridized carbons (Fsp3) is 0.476. The summed E-state index contributed by atoms with van der Waals surface area (Å²) in [6.07, 6.45) is 6.45. The zero-order valence-electron chi connectivity index (χ0n) is 15.9. The van der Waals surface area contributed by atoms with E-state index in [0.29, 0.717) is 12.4 Å². The molecule has 0 aliphatic carbocycles. The molecule has 1 aromatic carbocycles. The number of allylic oxidation sites excluding steroid dienone is 3. The third-order valence-corrected chi connectivity index (χ3v) is 3.92. The molecule has 144 valence electrons. The first kappa shape index (κ1) is 21.9. The van der Waals surface area contributed by atoms with E-state index in [1.807, 2.05) is 38.1 Å². The fourth-order valence-electron chi connectivity index (χ4n) is 2.46. The molecule has 5 heteroatoms. The highest BCUT2D eigenvalue weighted by Crippen LogP contribution is 2.27. The van der Waals surface area contributed by atoms with Crippen molar-refractivity contribution in [1.82, 2.24) is 0 Å². The van der Waals surface area contributed by atoms with E-state index in [4.69, 9.17) is 14.6 Å². The maximum Gasteiger partial charge on any atom is 0.330 e. The van der Waals surface area contributed by atoms with Crippen LogP contribution < -0.4 is 4.74 Å². The first-order chi connectivity index (χ1) is 12.5. The minimum Gasteiger partial charge on any atom is -0.491 e. The van der Waals surface area contributed by atoms with Crippen molar-refractivity contribution in [3.05, 3.63) is 53.6 Å². The molecule has 26 heavy (non-hydrogen) atoms. The number of benzene rings is 1. The molecule has 0 fully saturated rings. The van der Waals surface area contributed by atoms with Crippen LogP contribution in [0.15, 0.2) is 48.1 Å². The summed E-state index contributed by atoms with van der Waals surface area (Å²) in [5.41, 5.74) is 1.69. The number of hydrogen-bond donors (Lipinski definition) is 2. The van der Waals surface area contributed by atoms with E-state index in [0.717, 1.165) is 24.0 Å². The minimum absolute atomic E-state index is 0.0244. The van der Waals surface area contributed by atoms with Crippen molar-refractivity contribution < 1.29 is 24.5 Å². The Hall–Kier alpha value is -2.11. The predicted octanol–water partition coefficient (Wildman–Crippen LogP) is 3.57. The van der Waals surface area contributed by atoms with Gasteiger partial charge in [0.05, 0.1) is 19.3 Å². The molecule has 0 aliphatic rings. The van der Waals surface area contributed by atoms with E-state index < -0.39 is 6.10 Å². The van der Waals surface area contributed by atoms with Crippen LogP contribution >= 0.6 is 0 Å². The van der Waals surface area contributed by atoms with Gasteiger partial charge in [-0.1, -0.05) is 31.2 Å². The molecule has 0 heterocycles. The lowest BCUT2D eigenvalue weighted by atomic mass is 9.93. The summed E-state index contributed by atoms with van der Waals surface area (Å²) in [7, 11) is 0. The van der Waals surface area contributed by atoms with E-state index in [-0.39, 0.29) is 25.1 Å². The van der Waals surface area contributed by atoms with Crippen molar-refractivity contribution in [3.63, 3.8) is 0 Å². The Bertz CT molecular complexity index is 589. The molecule has 2 atom stereocenters. The highest BCUT2D eigenvalue weighted by molar-refractivity contribution is 5.83. The molecule has 2 N–H and O–H groups in total. The number of ether oxygens (including phenoxy) is 2. The van der Waals surface area contributed by atoms with Gasteiger partial charge in [-0.2, -0.15) is 0 Å². The average molecular weight is 362 g/mol. The molecule has 0 aliphatic heterocycles. The van der Waals surface area contributed by atoms with Gasteiger partial charge in [-0.3, -0.25) is 0 Å². The number of carbonyl (C=O) groups excluding carboxylic acids is 1. The quantitative estimate of drug-likeness (QED) is 0.357. The first-order valence-corrected chi connectivity index (χ1v) is 9.01. The second-order valence-electron chi connectivity index (χ2n) is 6.18. The number of aliphatic hydroxyl groups is 2. The Morgan fingerprint density at radius 2 is 1.96 bits per heavy atom. The summed E-state index contributed by atoms with van der Waals surface area (Å²) in [6, 6.07) is 7.28. The minimum atomic E-state index is -0.550. The summed E-state index contributed by atoms with van der Waals surface area (Å²) < 4.78 is 10.2. The van der Waals surface area contributed by atoms with Gasteiger partial charge in [0.1, 0.15) is 12.4 Å². The molecule has 1 aromatic rings. The zero-order chi connectivity index (χ0) is 19.4. The van der Waals surface area contributed by atoms with Crippen molar-refractivity contribution in [3.8, 4) is 5.75 Å². The van der Waals surface area contributed by atoms with Crippen LogP contribution in [-0.4, -0.2) is 36.0 Å². The molecule has 0 amide bonds. The Labute approximate surface area is 156 Å². The van der Waals surface area contributed by atoms with Gasteiger partial charge >= 0.3 is 5.97 Å². The van der Waals surface area contributed by atoms with Gasteiger partial charge in [-0.15, -0.1) is 0 Å². The van der Waals surface area contributed by atoms with E-state index >= 15 is 0 Å². The highest BCUT2D eigenvalue weighted by Gasteiger charge is 2.15. The Balaban J connectivity index is 2.45. The SMILES string of the molecule is CCOC(=O)/C=C(C)/C=C/CC[C@H](C)[C@H](O)c1ccc(OCCO)cc1. The standard InChI is InChI=1S/C21H30O5/c1-4-25-20(23)15-16(2)7-5-6-8-17(3)21(24)18-9-11-19(12-10-18)26-14-13-22/h5,7,9-12,15,17,21-22,24H,4,6,8,13-14H2,1-3H3/b7-5+,16-15+/t17-,21-/m0/s1.